The smallest absolute Gasteiger partial charge is 0.123 e. The highest BCUT2D eigenvalue weighted by Crippen LogP contribution is 2.10. The zero-order valence-corrected chi connectivity index (χ0v) is 10.7. The number of nitrogens with two attached hydrogens (primary N) is 1. The van der Waals surface area contributed by atoms with Crippen LogP contribution in [-0.4, -0.2) is 11.0 Å². The third-order valence-corrected chi connectivity index (χ3v) is 3.16. The molecule has 0 aliphatic heterocycles. The Morgan fingerprint density at radius 3 is 2.37 bits per heavy atom. The molecule has 0 amide bonds. The van der Waals surface area contributed by atoms with Crippen LogP contribution in [0.1, 0.15) is 17.5 Å². The zero-order valence-electron chi connectivity index (χ0n) is 10.7. The number of nitrogens with one attached hydrogen (secondary N) is 1. The molecule has 0 saturated carbocycles. The van der Waals surface area contributed by atoms with Crippen LogP contribution >= 0.6 is 0 Å². The van der Waals surface area contributed by atoms with E-state index in [0.717, 1.165) is 24.8 Å². The van der Waals surface area contributed by atoms with Gasteiger partial charge >= 0.3 is 0 Å². The lowest BCUT2D eigenvalue weighted by atomic mass is 10.00. The SMILES string of the molecule is NNC(CCc1ccncc1)Cc1ccc(F)cc1. The number of aromatic nitrogens is 1. The molecule has 0 aliphatic rings. The first-order valence-electron chi connectivity index (χ1n) is 6.37. The van der Waals surface area contributed by atoms with Gasteiger partial charge in [-0.3, -0.25) is 16.3 Å². The standard InChI is InChI=1S/C15H18FN3/c16-14-4-1-13(2-5-14)11-15(19-17)6-3-12-7-9-18-10-8-12/h1-2,4-5,7-10,15,19H,3,6,11,17H2. The lowest BCUT2D eigenvalue weighted by Crippen LogP contribution is -2.37. The predicted octanol–water partition coefficient (Wildman–Crippen LogP) is 2.23. The Labute approximate surface area is 112 Å². The van der Waals surface area contributed by atoms with E-state index in [-0.39, 0.29) is 11.9 Å². The minimum absolute atomic E-state index is 0.179. The summed E-state index contributed by atoms with van der Waals surface area (Å²) < 4.78 is 12.8. The molecule has 0 bridgehead atoms. The summed E-state index contributed by atoms with van der Waals surface area (Å²) >= 11 is 0. The quantitative estimate of drug-likeness (QED) is 0.618. The van der Waals surface area contributed by atoms with E-state index in [1.54, 1.807) is 24.5 Å². The molecule has 1 aromatic carbocycles. The van der Waals surface area contributed by atoms with Gasteiger partial charge in [0, 0.05) is 18.4 Å². The second-order valence-corrected chi connectivity index (χ2v) is 4.59. The van der Waals surface area contributed by atoms with Gasteiger partial charge in [0.2, 0.25) is 0 Å². The topological polar surface area (TPSA) is 50.9 Å². The molecule has 0 fully saturated rings. The fraction of sp³-hybridized carbons (Fsp3) is 0.267. The van der Waals surface area contributed by atoms with Crippen molar-refractivity contribution in [2.75, 3.05) is 0 Å². The summed E-state index contributed by atoms with van der Waals surface area (Å²) in [6, 6.07) is 10.7. The Hall–Kier alpha value is -1.78. The van der Waals surface area contributed by atoms with Crippen molar-refractivity contribution >= 4 is 0 Å². The largest absolute Gasteiger partial charge is 0.271 e. The highest BCUT2D eigenvalue weighted by atomic mass is 19.1. The molecule has 100 valence electrons. The number of benzene rings is 1. The van der Waals surface area contributed by atoms with Crippen LogP contribution < -0.4 is 11.3 Å². The lowest BCUT2D eigenvalue weighted by Gasteiger charge is -2.15. The molecular weight excluding hydrogens is 241 g/mol. The number of halogens is 1. The molecule has 0 saturated heterocycles. The minimum Gasteiger partial charge on any atom is -0.271 e. The Bertz CT molecular complexity index is 485. The minimum atomic E-state index is -0.210. The zero-order chi connectivity index (χ0) is 13.5. The molecule has 2 rings (SSSR count). The van der Waals surface area contributed by atoms with Gasteiger partial charge in [-0.1, -0.05) is 12.1 Å². The van der Waals surface area contributed by atoms with Crippen LogP contribution in [0.5, 0.6) is 0 Å². The number of hydrazine groups is 1. The molecule has 0 radical (unpaired) electrons. The van der Waals surface area contributed by atoms with E-state index in [9.17, 15) is 4.39 Å². The molecule has 3 nitrogen and oxygen atoms in total. The molecule has 19 heavy (non-hydrogen) atoms. The van der Waals surface area contributed by atoms with Gasteiger partial charge in [-0.05, 0) is 54.7 Å². The van der Waals surface area contributed by atoms with Crippen LogP contribution in [0.3, 0.4) is 0 Å². The van der Waals surface area contributed by atoms with Gasteiger partial charge < -0.3 is 0 Å². The van der Waals surface area contributed by atoms with Crippen LogP contribution in [-0.2, 0) is 12.8 Å². The van der Waals surface area contributed by atoms with Crippen molar-refractivity contribution in [3.05, 3.63) is 65.7 Å². The van der Waals surface area contributed by atoms with Crippen molar-refractivity contribution < 1.29 is 4.39 Å². The van der Waals surface area contributed by atoms with E-state index in [1.165, 1.54) is 17.7 Å². The van der Waals surface area contributed by atoms with Gasteiger partial charge in [0.15, 0.2) is 0 Å². The molecule has 1 aromatic heterocycles. The Morgan fingerprint density at radius 1 is 1.05 bits per heavy atom. The second-order valence-electron chi connectivity index (χ2n) is 4.59. The van der Waals surface area contributed by atoms with Gasteiger partial charge in [0.1, 0.15) is 5.82 Å². The number of hydrogen-bond acceptors (Lipinski definition) is 3. The molecular formula is C15H18FN3. The highest BCUT2D eigenvalue weighted by molar-refractivity contribution is 5.17. The van der Waals surface area contributed by atoms with Crippen molar-refractivity contribution in [2.24, 2.45) is 5.84 Å². The highest BCUT2D eigenvalue weighted by Gasteiger charge is 2.08. The van der Waals surface area contributed by atoms with Crippen molar-refractivity contribution in [1.29, 1.82) is 0 Å². The van der Waals surface area contributed by atoms with E-state index in [1.807, 2.05) is 12.1 Å². The summed E-state index contributed by atoms with van der Waals surface area (Å²) in [6.07, 6.45) is 6.25. The summed E-state index contributed by atoms with van der Waals surface area (Å²) in [4.78, 5) is 3.99. The number of pyridine rings is 1. The molecule has 0 aliphatic carbocycles. The maximum absolute atomic E-state index is 12.8. The second kappa shape index (κ2) is 6.97. The third-order valence-electron chi connectivity index (χ3n) is 3.16. The van der Waals surface area contributed by atoms with Crippen molar-refractivity contribution in [3.63, 3.8) is 0 Å². The van der Waals surface area contributed by atoms with Gasteiger partial charge in [-0.15, -0.1) is 0 Å². The summed E-state index contributed by atoms with van der Waals surface area (Å²) in [7, 11) is 0. The Kier molecular flexibility index (Phi) is 5.01. The molecule has 4 heteroatoms. The van der Waals surface area contributed by atoms with Gasteiger partial charge in [-0.2, -0.15) is 0 Å². The van der Waals surface area contributed by atoms with E-state index < -0.39 is 0 Å². The lowest BCUT2D eigenvalue weighted by molar-refractivity contribution is 0.491. The first-order valence-corrected chi connectivity index (χ1v) is 6.37. The van der Waals surface area contributed by atoms with E-state index in [2.05, 4.69) is 10.4 Å². The van der Waals surface area contributed by atoms with Gasteiger partial charge in [0.05, 0.1) is 0 Å². The van der Waals surface area contributed by atoms with E-state index in [0.29, 0.717) is 0 Å². The van der Waals surface area contributed by atoms with Crippen LogP contribution in [0.25, 0.3) is 0 Å². The summed E-state index contributed by atoms with van der Waals surface area (Å²) in [5, 5.41) is 0. The number of rotatable bonds is 6. The average Bonchev–Trinajstić information content (AvgIpc) is 2.46. The third kappa shape index (κ3) is 4.43. The van der Waals surface area contributed by atoms with Gasteiger partial charge in [0.25, 0.3) is 0 Å². The monoisotopic (exact) mass is 259 g/mol. The first-order chi connectivity index (χ1) is 9.28. The van der Waals surface area contributed by atoms with Crippen molar-refractivity contribution in [2.45, 2.75) is 25.3 Å². The number of hydrogen-bond donors (Lipinski definition) is 2. The van der Waals surface area contributed by atoms with Crippen molar-refractivity contribution in [3.8, 4) is 0 Å². The molecule has 0 spiro atoms. The van der Waals surface area contributed by atoms with E-state index in [4.69, 9.17) is 5.84 Å². The van der Waals surface area contributed by atoms with Crippen LogP contribution in [0, 0.1) is 5.82 Å². The average molecular weight is 259 g/mol. The summed E-state index contributed by atoms with van der Waals surface area (Å²) in [5.74, 6) is 5.37. The van der Waals surface area contributed by atoms with Crippen LogP contribution in [0.15, 0.2) is 48.8 Å². The maximum Gasteiger partial charge on any atom is 0.123 e. The van der Waals surface area contributed by atoms with Gasteiger partial charge in [-0.25, -0.2) is 4.39 Å². The Balaban J connectivity index is 1.88. The molecule has 1 heterocycles. The van der Waals surface area contributed by atoms with Crippen LogP contribution in [0.2, 0.25) is 0 Å². The normalized spacial score (nSPS) is 12.3. The van der Waals surface area contributed by atoms with E-state index >= 15 is 0 Å². The van der Waals surface area contributed by atoms with Crippen LogP contribution in [0.4, 0.5) is 4.39 Å². The number of aryl methyl sites for hydroxylation is 1. The fourth-order valence-corrected chi connectivity index (χ4v) is 2.04. The fourth-order valence-electron chi connectivity index (χ4n) is 2.04. The molecule has 1 unspecified atom stereocenters. The summed E-state index contributed by atoms with van der Waals surface area (Å²) in [6.45, 7) is 0. The molecule has 2 aromatic rings. The molecule has 3 N–H and O–H groups in total. The Morgan fingerprint density at radius 2 is 1.74 bits per heavy atom. The number of nitrogens with zero attached hydrogens (tertiary/aromatic N) is 1. The predicted molar refractivity (Wildman–Crippen MR) is 73.8 cm³/mol. The van der Waals surface area contributed by atoms with Crippen molar-refractivity contribution in [1.82, 2.24) is 10.4 Å². The summed E-state index contributed by atoms with van der Waals surface area (Å²) in [5.41, 5.74) is 5.15. The first kappa shape index (κ1) is 13.6. The maximum atomic E-state index is 12.8. The molecule has 1 atom stereocenters.